The van der Waals surface area contributed by atoms with Crippen molar-refractivity contribution >= 4 is 17.7 Å². The Bertz CT molecular complexity index is 763. The van der Waals surface area contributed by atoms with Crippen molar-refractivity contribution in [2.75, 3.05) is 19.6 Å². The standard InChI is InChI=1S/C26H39N3O3/c1-3-4-5-6-10-13-24(30)29-17-16-28(19-20(29)2)26(32)23(27-25(31)22-14-15-22)18-21-11-8-7-9-12-21/h7-9,11-12,20,22-23H,3-6,10,13-19H2,1-2H3,(H,27,31). The average Bonchev–Trinajstić information content (AvgIpc) is 3.64. The molecule has 6 heteroatoms. The van der Waals surface area contributed by atoms with Crippen molar-refractivity contribution in [3.8, 4) is 0 Å². The summed E-state index contributed by atoms with van der Waals surface area (Å²) in [7, 11) is 0. The lowest BCUT2D eigenvalue weighted by Gasteiger charge is -2.41. The Morgan fingerprint density at radius 1 is 1.03 bits per heavy atom. The van der Waals surface area contributed by atoms with Crippen LogP contribution in [-0.4, -0.2) is 59.2 Å². The van der Waals surface area contributed by atoms with Gasteiger partial charge in [-0.05, 0) is 31.7 Å². The normalized spacial score (nSPS) is 19.5. The molecule has 3 amide bonds. The first-order valence-corrected chi connectivity index (χ1v) is 12.4. The first kappa shape index (κ1) is 24.3. The van der Waals surface area contributed by atoms with Crippen molar-refractivity contribution < 1.29 is 14.4 Å². The number of nitrogens with zero attached hydrogens (tertiary/aromatic N) is 2. The van der Waals surface area contributed by atoms with Crippen LogP contribution in [0.1, 0.15) is 70.8 Å². The number of amides is 3. The van der Waals surface area contributed by atoms with Gasteiger partial charge in [-0.15, -0.1) is 0 Å². The van der Waals surface area contributed by atoms with Crippen LogP contribution in [0.2, 0.25) is 0 Å². The second-order valence-corrected chi connectivity index (χ2v) is 9.41. The molecule has 0 aromatic heterocycles. The van der Waals surface area contributed by atoms with Crippen molar-refractivity contribution in [2.24, 2.45) is 5.92 Å². The molecule has 1 aliphatic carbocycles. The molecule has 2 fully saturated rings. The highest BCUT2D eigenvalue weighted by molar-refractivity contribution is 5.90. The second-order valence-electron chi connectivity index (χ2n) is 9.41. The zero-order valence-electron chi connectivity index (χ0n) is 19.7. The van der Waals surface area contributed by atoms with Gasteiger partial charge in [0.2, 0.25) is 17.7 Å². The quantitative estimate of drug-likeness (QED) is 0.534. The lowest BCUT2D eigenvalue weighted by Crippen LogP contribution is -2.59. The minimum atomic E-state index is -0.557. The van der Waals surface area contributed by atoms with Crippen LogP contribution in [0.25, 0.3) is 0 Å². The predicted molar refractivity (Wildman–Crippen MR) is 126 cm³/mol. The van der Waals surface area contributed by atoms with Crippen molar-refractivity contribution in [1.82, 2.24) is 15.1 Å². The van der Waals surface area contributed by atoms with Gasteiger partial charge in [-0.2, -0.15) is 0 Å². The fourth-order valence-electron chi connectivity index (χ4n) is 4.46. The minimum Gasteiger partial charge on any atom is -0.344 e. The molecule has 2 unspecified atom stereocenters. The lowest BCUT2D eigenvalue weighted by molar-refractivity contribution is -0.144. The van der Waals surface area contributed by atoms with E-state index < -0.39 is 6.04 Å². The van der Waals surface area contributed by atoms with Gasteiger partial charge in [0.05, 0.1) is 0 Å². The van der Waals surface area contributed by atoms with E-state index >= 15 is 0 Å². The monoisotopic (exact) mass is 441 g/mol. The molecule has 32 heavy (non-hydrogen) atoms. The molecule has 6 nitrogen and oxygen atoms in total. The van der Waals surface area contributed by atoms with E-state index in [0.29, 0.717) is 32.5 Å². The Morgan fingerprint density at radius 2 is 1.75 bits per heavy atom. The highest BCUT2D eigenvalue weighted by Gasteiger charge is 2.36. The van der Waals surface area contributed by atoms with Crippen LogP contribution in [0.4, 0.5) is 0 Å². The number of hydrogen-bond acceptors (Lipinski definition) is 3. The Kier molecular flexibility index (Phi) is 9.12. The maximum absolute atomic E-state index is 13.4. The number of nitrogens with one attached hydrogen (secondary N) is 1. The summed E-state index contributed by atoms with van der Waals surface area (Å²) in [5.74, 6) is 0.210. The van der Waals surface area contributed by atoms with Gasteiger partial charge in [-0.3, -0.25) is 14.4 Å². The molecule has 0 spiro atoms. The van der Waals surface area contributed by atoms with Gasteiger partial charge in [0, 0.05) is 44.4 Å². The Hall–Kier alpha value is -2.37. The molecule has 1 aromatic carbocycles. The molecule has 176 valence electrons. The molecular formula is C26H39N3O3. The molecule has 1 N–H and O–H groups in total. The van der Waals surface area contributed by atoms with Crippen LogP contribution in [0.3, 0.4) is 0 Å². The minimum absolute atomic E-state index is 0.00708. The zero-order valence-corrected chi connectivity index (χ0v) is 19.7. The Balaban J connectivity index is 1.55. The van der Waals surface area contributed by atoms with Crippen LogP contribution in [-0.2, 0) is 20.8 Å². The summed E-state index contributed by atoms with van der Waals surface area (Å²) in [5, 5.41) is 3.01. The molecule has 1 saturated carbocycles. The largest absolute Gasteiger partial charge is 0.344 e. The van der Waals surface area contributed by atoms with Gasteiger partial charge in [0.15, 0.2) is 0 Å². The van der Waals surface area contributed by atoms with Gasteiger partial charge in [0.25, 0.3) is 0 Å². The van der Waals surface area contributed by atoms with Crippen LogP contribution < -0.4 is 5.32 Å². The number of carbonyl (C=O) groups is 3. The van der Waals surface area contributed by atoms with E-state index in [9.17, 15) is 14.4 Å². The summed E-state index contributed by atoms with van der Waals surface area (Å²) in [4.78, 5) is 42.3. The fraction of sp³-hybridized carbons (Fsp3) is 0.654. The van der Waals surface area contributed by atoms with E-state index in [2.05, 4.69) is 12.2 Å². The SMILES string of the molecule is CCCCCCCC(=O)N1CCN(C(=O)C(Cc2ccccc2)NC(=O)C2CC2)CC1C. The fourth-order valence-corrected chi connectivity index (χ4v) is 4.46. The number of hydrogen-bond donors (Lipinski definition) is 1. The predicted octanol–water partition coefficient (Wildman–Crippen LogP) is 3.54. The number of unbranched alkanes of at least 4 members (excludes halogenated alkanes) is 4. The first-order valence-electron chi connectivity index (χ1n) is 12.4. The van der Waals surface area contributed by atoms with Gasteiger partial charge < -0.3 is 15.1 Å². The van der Waals surface area contributed by atoms with Crippen molar-refractivity contribution in [3.63, 3.8) is 0 Å². The van der Waals surface area contributed by atoms with Gasteiger partial charge >= 0.3 is 0 Å². The molecule has 2 aliphatic rings. The molecule has 0 radical (unpaired) electrons. The van der Waals surface area contributed by atoms with E-state index in [0.717, 1.165) is 31.2 Å². The van der Waals surface area contributed by atoms with E-state index in [1.807, 2.05) is 47.1 Å². The third-order valence-electron chi connectivity index (χ3n) is 6.60. The summed E-state index contributed by atoms with van der Waals surface area (Å²) in [5.41, 5.74) is 1.03. The number of benzene rings is 1. The smallest absolute Gasteiger partial charge is 0.245 e. The maximum atomic E-state index is 13.4. The summed E-state index contributed by atoms with van der Waals surface area (Å²) in [6.45, 7) is 5.81. The number of piperazine rings is 1. The second kappa shape index (κ2) is 12.0. The molecular weight excluding hydrogens is 402 g/mol. The number of rotatable bonds is 11. The summed E-state index contributed by atoms with van der Waals surface area (Å²) >= 11 is 0. The third kappa shape index (κ3) is 7.07. The first-order chi connectivity index (χ1) is 15.5. The lowest BCUT2D eigenvalue weighted by atomic mass is 10.0. The van der Waals surface area contributed by atoms with Crippen molar-refractivity contribution in [1.29, 1.82) is 0 Å². The molecule has 1 aromatic rings. The van der Waals surface area contributed by atoms with E-state index in [1.54, 1.807) is 0 Å². The summed E-state index contributed by atoms with van der Waals surface area (Å²) in [6.07, 6.45) is 8.57. The molecule has 3 rings (SSSR count). The van der Waals surface area contributed by atoms with Crippen LogP contribution >= 0.6 is 0 Å². The Morgan fingerprint density at radius 3 is 2.41 bits per heavy atom. The average molecular weight is 442 g/mol. The van der Waals surface area contributed by atoms with E-state index in [-0.39, 0.29) is 29.7 Å². The molecule has 1 aliphatic heterocycles. The number of carbonyl (C=O) groups excluding carboxylic acids is 3. The van der Waals surface area contributed by atoms with E-state index in [4.69, 9.17) is 0 Å². The maximum Gasteiger partial charge on any atom is 0.245 e. The molecule has 2 atom stereocenters. The summed E-state index contributed by atoms with van der Waals surface area (Å²) < 4.78 is 0. The Labute approximate surface area is 192 Å². The van der Waals surface area contributed by atoms with Gasteiger partial charge in [0.1, 0.15) is 6.04 Å². The van der Waals surface area contributed by atoms with Crippen molar-refractivity contribution in [3.05, 3.63) is 35.9 Å². The zero-order chi connectivity index (χ0) is 22.9. The topological polar surface area (TPSA) is 69.7 Å². The van der Waals surface area contributed by atoms with Crippen LogP contribution in [0.15, 0.2) is 30.3 Å². The summed E-state index contributed by atoms with van der Waals surface area (Å²) in [6, 6.07) is 9.27. The molecule has 0 bridgehead atoms. The van der Waals surface area contributed by atoms with E-state index in [1.165, 1.54) is 19.3 Å². The van der Waals surface area contributed by atoms with Gasteiger partial charge in [-0.25, -0.2) is 0 Å². The highest BCUT2D eigenvalue weighted by Crippen LogP contribution is 2.29. The van der Waals surface area contributed by atoms with Gasteiger partial charge in [-0.1, -0.05) is 62.9 Å². The van der Waals surface area contributed by atoms with Crippen LogP contribution in [0.5, 0.6) is 0 Å². The molecule has 1 saturated heterocycles. The molecule has 1 heterocycles. The highest BCUT2D eigenvalue weighted by atomic mass is 16.2. The van der Waals surface area contributed by atoms with Crippen LogP contribution in [0, 0.1) is 5.92 Å². The van der Waals surface area contributed by atoms with Crippen molar-refractivity contribution in [2.45, 2.75) is 83.7 Å². The third-order valence-corrected chi connectivity index (χ3v) is 6.60.